The normalized spacial score (nSPS) is 15.0. The van der Waals surface area contributed by atoms with Crippen molar-refractivity contribution in [2.24, 2.45) is 0 Å². The highest BCUT2D eigenvalue weighted by Gasteiger charge is 2.33. The van der Waals surface area contributed by atoms with Crippen LogP contribution in [0.2, 0.25) is 0 Å². The third-order valence-electron chi connectivity index (χ3n) is 4.36. The fourth-order valence-electron chi connectivity index (χ4n) is 2.86. The molecule has 1 atom stereocenters. The third kappa shape index (κ3) is 4.23. The van der Waals surface area contributed by atoms with E-state index >= 15 is 0 Å². The maximum Gasteiger partial charge on any atom is 0.342 e. The maximum absolute atomic E-state index is 12.7. The number of anilines is 1. The largest absolute Gasteiger partial charge is 0.507 e. The molecular formula is C20H20N2O7. The molecule has 0 saturated heterocycles. The van der Waals surface area contributed by atoms with Gasteiger partial charge in [0.15, 0.2) is 12.7 Å². The van der Waals surface area contributed by atoms with Gasteiger partial charge in [-0.2, -0.15) is 0 Å². The number of hydrogen-bond donors (Lipinski definition) is 2. The first kappa shape index (κ1) is 20.0. The number of benzene rings is 2. The summed E-state index contributed by atoms with van der Waals surface area (Å²) in [6.45, 7) is -0.609. The van der Waals surface area contributed by atoms with E-state index in [0.29, 0.717) is 17.2 Å². The molecule has 9 nitrogen and oxygen atoms in total. The van der Waals surface area contributed by atoms with E-state index in [1.54, 1.807) is 24.3 Å². The Balaban J connectivity index is 1.74. The van der Waals surface area contributed by atoms with Crippen molar-refractivity contribution in [3.8, 4) is 17.2 Å². The van der Waals surface area contributed by atoms with Crippen LogP contribution in [0.15, 0.2) is 42.5 Å². The molecule has 0 bridgehead atoms. The van der Waals surface area contributed by atoms with Crippen LogP contribution in [0.4, 0.5) is 5.69 Å². The number of carbonyl (C=O) groups is 3. The number of phenolic OH excluding ortho intramolecular Hbond substituents is 1. The number of carbonyl (C=O) groups excluding carboxylic acids is 3. The van der Waals surface area contributed by atoms with Crippen LogP contribution in [-0.4, -0.2) is 56.3 Å². The number of para-hydroxylation sites is 2. The summed E-state index contributed by atoms with van der Waals surface area (Å²) in [6, 6.07) is 10.9. The minimum Gasteiger partial charge on any atom is -0.507 e. The van der Waals surface area contributed by atoms with Crippen LogP contribution in [0.1, 0.15) is 10.4 Å². The Morgan fingerprint density at radius 3 is 2.72 bits per heavy atom. The van der Waals surface area contributed by atoms with Gasteiger partial charge in [-0.25, -0.2) is 4.79 Å². The molecule has 3 rings (SSSR count). The number of nitrogens with zero attached hydrogens (tertiary/aromatic N) is 1. The fraction of sp³-hybridized carbons (Fsp3) is 0.250. The number of esters is 1. The zero-order valence-corrected chi connectivity index (χ0v) is 15.9. The lowest BCUT2D eigenvalue weighted by Crippen LogP contribution is -2.51. The molecule has 29 heavy (non-hydrogen) atoms. The van der Waals surface area contributed by atoms with Crippen LogP contribution in [0.5, 0.6) is 17.2 Å². The monoisotopic (exact) mass is 400 g/mol. The maximum atomic E-state index is 12.7. The second-order valence-electron chi connectivity index (χ2n) is 6.15. The first-order chi connectivity index (χ1) is 13.9. The molecule has 0 radical (unpaired) electrons. The molecule has 0 aliphatic carbocycles. The van der Waals surface area contributed by atoms with Crippen molar-refractivity contribution >= 4 is 23.5 Å². The Morgan fingerprint density at radius 1 is 1.24 bits per heavy atom. The highest BCUT2D eigenvalue weighted by Crippen LogP contribution is 2.33. The zero-order valence-electron chi connectivity index (χ0n) is 15.9. The molecule has 2 N–H and O–H groups in total. The van der Waals surface area contributed by atoms with E-state index < -0.39 is 24.6 Å². The van der Waals surface area contributed by atoms with Gasteiger partial charge >= 0.3 is 5.97 Å². The molecule has 0 saturated carbocycles. The summed E-state index contributed by atoms with van der Waals surface area (Å²) in [6.07, 6.45) is -0.892. The van der Waals surface area contributed by atoms with Crippen molar-refractivity contribution in [3.05, 3.63) is 48.0 Å². The van der Waals surface area contributed by atoms with E-state index in [-0.39, 0.29) is 23.8 Å². The van der Waals surface area contributed by atoms with E-state index in [1.165, 1.54) is 37.3 Å². The quantitative estimate of drug-likeness (QED) is 0.722. The van der Waals surface area contributed by atoms with Gasteiger partial charge in [-0.3, -0.25) is 9.59 Å². The van der Waals surface area contributed by atoms with Gasteiger partial charge in [0.05, 0.1) is 19.3 Å². The highest BCUT2D eigenvalue weighted by molar-refractivity contribution is 6.00. The van der Waals surface area contributed by atoms with E-state index in [0.717, 1.165) is 0 Å². The fourth-order valence-corrected chi connectivity index (χ4v) is 2.86. The smallest absolute Gasteiger partial charge is 0.342 e. The Bertz CT molecular complexity index is 944. The number of aromatic hydroxyl groups is 1. The second kappa shape index (κ2) is 8.51. The predicted molar refractivity (Wildman–Crippen MR) is 102 cm³/mol. The topological polar surface area (TPSA) is 114 Å². The summed E-state index contributed by atoms with van der Waals surface area (Å²) in [5.74, 6) is -1.35. The van der Waals surface area contributed by atoms with Crippen LogP contribution < -0.4 is 19.7 Å². The van der Waals surface area contributed by atoms with Gasteiger partial charge in [0.25, 0.3) is 11.8 Å². The Hall–Kier alpha value is -3.75. The van der Waals surface area contributed by atoms with Crippen LogP contribution in [0, 0.1) is 0 Å². The number of rotatable bonds is 5. The summed E-state index contributed by atoms with van der Waals surface area (Å²) in [4.78, 5) is 38.3. The first-order valence-electron chi connectivity index (χ1n) is 8.76. The highest BCUT2D eigenvalue weighted by atomic mass is 16.5. The zero-order chi connectivity index (χ0) is 21.0. The number of ether oxygens (including phenoxy) is 3. The van der Waals surface area contributed by atoms with Crippen molar-refractivity contribution in [2.45, 2.75) is 6.10 Å². The molecule has 0 fully saturated rings. The van der Waals surface area contributed by atoms with Crippen LogP contribution in [0.3, 0.4) is 0 Å². The minimum atomic E-state index is -0.892. The van der Waals surface area contributed by atoms with Crippen LogP contribution in [0.25, 0.3) is 0 Å². The molecule has 0 unspecified atom stereocenters. The van der Waals surface area contributed by atoms with Crippen molar-refractivity contribution < 1.29 is 33.7 Å². The van der Waals surface area contributed by atoms with Gasteiger partial charge in [0.1, 0.15) is 22.8 Å². The SMILES string of the molecule is CNC(=O)[C@@H]1CN(C(=O)COC(=O)c2cc(OC)ccc2O)c2ccccc2O1. The first-order valence-corrected chi connectivity index (χ1v) is 8.76. The predicted octanol–water partition coefficient (Wildman–Crippen LogP) is 1.10. The Kier molecular flexibility index (Phi) is 5.87. The number of amides is 2. The molecule has 9 heteroatoms. The number of methoxy groups -OCH3 is 1. The van der Waals surface area contributed by atoms with Gasteiger partial charge in [-0.05, 0) is 30.3 Å². The molecule has 2 amide bonds. The molecular weight excluding hydrogens is 380 g/mol. The van der Waals surface area contributed by atoms with Crippen molar-refractivity contribution in [3.63, 3.8) is 0 Å². The molecule has 0 spiro atoms. The average Bonchev–Trinajstić information content (AvgIpc) is 2.76. The van der Waals surface area contributed by atoms with Crippen molar-refractivity contribution in [1.29, 1.82) is 0 Å². The van der Waals surface area contributed by atoms with Gasteiger partial charge in [-0.15, -0.1) is 0 Å². The Labute approximate surface area is 166 Å². The summed E-state index contributed by atoms with van der Waals surface area (Å²) in [5.41, 5.74) is 0.348. The van der Waals surface area contributed by atoms with Gasteiger partial charge in [0, 0.05) is 7.05 Å². The lowest BCUT2D eigenvalue weighted by atomic mass is 10.1. The van der Waals surface area contributed by atoms with E-state index in [9.17, 15) is 19.5 Å². The molecule has 1 aliphatic heterocycles. The summed E-state index contributed by atoms with van der Waals surface area (Å²) >= 11 is 0. The third-order valence-corrected chi connectivity index (χ3v) is 4.36. The van der Waals surface area contributed by atoms with Gasteiger partial charge < -0.3 is 29.5 Å². The molecule has 2 aromatic carbocycles. The Morgan fingerprint density at radius 2 is 2.00 bits per heavy atom. The van der Waals surface area contributed by atoms with E-state index in [4.69, 9.17) is 14.2 Å². The van der Waals surface area contributed by atoms with Crippen molar-refractivity contribution in [2.75, 3.05) is 32.2 Å². The minimum absolute atomic E-state index is 0.0303. The number of likely N-dealkylation sites (N-methyl/N-ethyl adjacent to an activating group) is 1. The number of nitrogens with one attached hydrogen (secondary N) is 1. The second-order valence-corrected chi connectivity index (χ2v) is 6.15. The van der Waals surface area contributed by atoms with E-state index in [2.05, 4.69) is 5.32 Å². The number of phenols is 1. The lowest BCUT2D eigenvalue weighted by Gasteiger charge is -2.33. The van der Waals surface area contributed by atoms with E-state index in [1.807, 2.05) is 0 Å². The average molecular weight is 400 g/mol. The summed E-state index contributed by atoms with van der Waals surface area (Å²) in [7, 11) is 2.89. The van der Waals surface area contributed by atoms with Crippen LogP contribution >= 0.6 is 0 Å². The molecule has 152 valence electrons. The standard InChI is InChI=1S/C20H20N2O7/c1-21-19(25)17-10-22(14-5-3-4-6-16(14)29-17)18(24)11-28-20(26)13-9-12(27-2)7-8-15(13)23/h3-9,17,23H,10-11H2,1-2H3,(H,21,25)/t17-/m0/s1. The summed E-state index contributed by atoms with van der Waals surface area (Å²) < 4.78 is 15.7. The molecule has 1 heterocycles. The number of hydrogen-bond acceptors (Lipinski definition) is 7. The molecule has 1 aliphatic rings. The lowest BCUT2D eigenvalue weighted by molar-refractivity contribution is -0.128. The molecule has 0 aromatic heterocycles. The van der Waals surface area contributed by atoms with Crippen LogP contribution in [-0.2, 0) is 14.3 Å². The van der Waals surface area contributed by atoms with Crippen molar-refractivity contribution in [1.82, 2.24) is 5.32 Å². The van der Waals surface area contributed by atoms with Gasteiger partial charge in [-0.1, -0.05) is 12.1 Å². The summed E-state index contributed by atoms with van der Waals surface area (Å²) in [5, 5.41) is 12.3. The molecule has 2 aromatic rings. The van der Waals surface area contributed by atoms with Gasteiger partial charge in [0.2, 0.25) is 0 Å². The number of fused-ring (bicyclic) bond motifs is 1.